The molecule has 3 aliphatic rings. The quantitative estimate of drug-likeness (QED) is 0.789. The number of hydrogen-bond donors (Lipinski definition) is 0. The molecule has 0 aromatic heterocycles. The van der Waals surface area contributed by atoms with Crippen LogP contribution in [-0.4, -0.2) is 71.8 Å². The maximum Gasteiger partial charge on any atom is 0.226 e. The first kappa shape index (κ1) is 17.7. The van der Waals surface area contributed by atoms with E-state index in [-0.39, 0.29) is 12.0 Å². The van der Waals surface area contributed by atoms with E-state index in [1.54, 1.807) is 0 Å². The minimum absolute atomic E-state index is 0.150. The van der Waals surface area contributed by atoms with Crippen LogP contribution in [0.3, 0.4) is 0 Å². The predicted molar refractivity (Wildman–Crippen MR) is 94.5 cm³/mol. The standard InChI is InChI=1S/C19H33N3O2/c1-14(2)20(3)18(23)16-5-4-10-22(13-16)17-8-11-21(12-9-17)19(24)15-6-7-15/h14-17H,4-13H2,1-3H3/t16-/m0/s1. The van der Waals surface area contributed by atoms with Crippen molar-refractivity contribution in [3.8, 4) is 0 Å². The van der Waals surface area contributed by atoms with E-state index in [9.17, 15) is 9.59 Å². The van der Waals surface area contributed by atoms with E-state index >= 15 is 0 Å². The average molecular weight is 335 g/mol. The average Bonchev–Trinajstić information content (AvgIpc) is 3.45. The molecule has 0 aromatic carbocycles. The van der Waals surface area contributed by atoms with Crippen LogP contribution in [0, 0.1) is 11.8 Å². The largest absolute Gasteiger partial charge is 0.343 e. The molecule has 0 bridgehead atoms. The number of rotatable bonds is 4. The summed E-state index contributed by atoms with van der Waals surface area (Å²) in [6.45, 7) is 7.96. The third-order valence-corrected chi connectivity index (χ3v) is 6.14. The summed E-state index contributed by atoms with van der Waals surface area (Å²) in [5, 5.41) is 0. The fraction of sp³-hybridized carbons (Fsp3) is 0.895. The molecule has 1 saturated carbocycles. The van der Waals surface area contributed by atoms with E-state index in [0.717, 1.165) is 64.7 Å². The van der Waals surface area contributed by atoms with Crippen LogP contribution < -0.4 is 0 Å². The molecule has 5 heteroatoms. The lowest BCUT2D eigenvalue weighted by molar-refractivity contribution is -0.138. The molecule has 3 rings (SSSR count). The smallest absolute Gasteiger partial charge is 0.226 e. The molecule has 0 spiro atoms. The highest BCUT2D eigenvalue weighted by molar-refractivity contribution is 5.81. The molecule has 2 heterocycles. The Hall–Kier alpha value is -1.10. The molecule has 2 aliphatic heterocycles. The lowest BCUT2D eigenvalue weighted by Gasteiger charge is -2.42. The van der Waals surface area contributed by atoms with Crippen molar-refractivity contribution in [3.05, 3.63) is 0 Å². The van der Waals surface area contributed by atoms with Crippen molar-refractivity contribution in [2.24, 2.45) is 11.8 Å². The summed E-state index contributed by atoms with van der Waals surface area (Å²) in [6, 6.07) is 0.817. The Morgan fingerprint density at radius 3 is 2.21 bits per heavy atom. The first-order valence-corrected chi connectivity index (χ1v) is 9.77. The zero-order chi connectivity index (χ0) is 17.3. The Kier molecular flexibility index (Phi) is 5.48. The van der Waals surface area contributed by atoms with Gasteiger partial charge >= 0.3 is 0 Å². The molecule has 0 N–H and O–H groups in total. The summed E-state index contributed by atoms with van der Waals surface area (Å²) >= 11 is 0. The number of piperidine rings is 2. The number of hydrogen-bond acceptors (Lipinski definition) is 3. The van der Waals surface area contributed by atoms with Gasteiger partial charge in [-0.25, -0.2) is 0 Å². The molecule has 2 saturated heterocycles. The van der Waals surface area contributed by atoms with Crippen LogP contribution in [0.5, 0.6) is 0 Å². The van der Waals surface area contributed by atoms with Gasteiger partial charge in [0, 0.05) is 44.7 Å². The van der Waals surface area contributed by atoms with Gasteiger partial charge in [-0.15, -0.1) is 0 Å². The van der Waals surface area contributed by atoms with Gasteiger partial charge in [0.2, 0.25) is 11.8 Å². The molecular formula is C19H33N3O2. The zero-order valence-electron chi connectivity index (χ0n) is 15.5. The number of nitrogens with zero attached hydrogens (tertiary/aromatic N) is 3. The summed E-state index contributed by atoms with van der Waals surface area (Å²) in [5.74, 6) is 1.18. The molecule has 0 radical (unpaired) electrons. The lowest BCUT2D eigenvalue weighted by Crippen LogP contribution is -2.52. The Bertz CT molecular complexity index is 467. The molecule has 5 nitrogen and oxygen atoms in total. The highest BCUT2D eigenvalue weighted by Crippen LogP contribution is 2.32. The Balaban J connectivity index is 1.50. The molecule has 3 fully saturated rings. The highest BCUT2D eigenvalue weighted by Gasteiger charge is 2.37. The first-order valence-electron chi connectivity index (χ1n) is 9.77. The monoisotopic (exact) mass is 335 g/mol. The van der Waals surface area contributed by atoms with Gasteiger partial charge in [0.15, 0.2) is 0 Å². The number of likely N-dealkylation sites (tertiary alicyclic amines) is 2. The number of carbonyl (C=O) groups is 2. The van der Waals surface area contributed by atoms with Crippen molar-refractivity contribution >= 4 is 11.8 Å². The fourth-order valence-electron chi connectivity index (χ4n) is 4.12. The van der Waals surface area contributed by atoms with E-state index in [1.807, 2.05) is 11.9 Å². The third kappa shape index (κ3) is 3.93. The number of carbonyl (C=O) groups excluding carboxylic acids is 2. The second kappa shape index (κ2) is 7.42. The van der Waals surface area contributed by atoms with Crippen molar-refractivity contribution < 1.29 is 9.59 Å². The summed E-state index contributed by atoms with van der Waals surface area (Å²) in [5.41, 5.74) is 0. The van der Waals surface area contributed by atoms with Gasteiger partial charge in [-0.3, -0.25) is 14.5 Å². The minimum Gasteiger partial charge on any atom is -0.343 e. The van der Waals surface area contributed by atoms with E-state index < -0.39 is 0 Å². The van der Waals surface area contributed by atoms with E-state index in [4.69, 9.17) is 0 Å². The maximum atomic E-state index is 12.6. The fourth-order valence-corrected chi connectivity index (χ4v) is 4.12. The molecule has 2 amide bonds. The van der Waals surface area contributed by atoms with Crippen LogP contribution in [0.15, 0.2) is 0 Å². The van der Waals surface area contributed by atoms with E-state index in [1.165, 1.54) is 0 Å². The molecule has 24 heavy (non-hydrogen) atoms. The van der Waals surface area contributed by atoms with Crippen molar-refractivity contribution in [2.45, 2.75) is 64.5 Å². The van der Waals surface area contributed by atoms with Crippen molar-refractivity contribution in [1.82, 2.24) is 14.7 Å². The van der Waals surface area contributed by atoms with Gasteiger partial charge in [0.25, 0.3) is 0 Å². The van der Waals surface area contributed by atoms with Gasteiger partial charge in [0.1, 0.15) is 0 Å². The summed E-state index contributed by atoms with van der Waals surface area (Å²) in [7, 11) is 1.92. The van der Waals surface area contributed by atoms with Crippen LogP contribution in [-0.2, 0) is 9.59 Å². The maximum absolute atomic E-state index is 12.6. The lowest BCUT2D eigenvalue weighted by atomic mass is 9.92. The third-order valence-electron chi connectivity index (χ3n) is 6.14. The molecule has 1 atom stereocenters. The Morgan fingerprint density at radius 2 is 1.62 bits per heavy atom. The zero-order valence-corrected chi connectivity index (χ0v) is 15.5. The molecule has 0 unspecified atom stereocenters. The Morgan fingerprint density at radius 1 is 0.958 bits per heavy atom. The molecule has 0 aromatic rings. The van der Waals surface area contributed by atoms with E-state index in [0.29, 0.717) is 23.8 Å². The first-order chi connectivity index (χ1) is 11.5. The SMILES string of the molecule is CC(C)N(C)C(=O)[C@H]1CCCN(C2CCN(C(=O)C3CC3)CC2)C1. The van der Waals surface area contributed by atoms with Crippen LogP contribution in [0.4, 0.5) is 0 Å². The van der Waals surface area contributed by atoms with Gasteiger partial charge in [0.05, 0.1) is 5.92 Å². The van der Waals surface area contributed by atoms with Gasteiger partial charge < -0.3 is 9.80 Å². The highest BCUT2D eigenvalue weighted by atomic mass is 16.2. The topological polar surface area (TPSA) is 43.9 Å². The molecule has 1 aliphatic carbocycles. The minimum atomic E-state index is 0.150. The van der Waals surface area contributed by atoms with Crippen LogP contribution in [0.1, 0.15) is 52.4 Å². The number of amides is 2. The van der Waals surface area contributed by atoms with Crippen LogP contribution in [0.2, 0.25) is 0 Å². The van der Waals surface area contributed by atoms with Gasteiger partial charge in [-0.2, -0.15) is 0 Å². The second-order valence-corrected chi connectivity index (χ2v) is 8.21. The van der Waals surface area contributed by atoms with Crippen molar-refractivity contribution in [1.29, 1.82) is 0 Å². The van der Waals surface area contributed by atoms with E-state index in [2.05, 4.69) is 23.6 Å². The summed E-state index contributed by atoms with van der Waals surface area (Å²) in [6.07, 6.45) is 6.46. The van der Waals surface area contributed by atoms with Gasteiger partial charge in [-0.1, -0.05) is 0 Å². The summed E-state index contributed by atoms with van der Waals surface area (Å²) < 4.78 is 0. The summed E-state index contributed by atoms with van der Waals surface area (Å²) in [4.78, 5) is 31.3. The molecular weight excluding hydrogens is 302 g/mol. The van der Waals surface area contributed by atoms with Gasteiger partial charge in [-0.05, 0) is 58.9 Å². The second-order valence-electron chi connectivity index (χ2n) is 8.21. The predicted octanol–water partition coefficient (Wildman–Crippen LogP) is 1.97. The van der Waals surface area contributed by atoms with Crippen LogP contribution in [0.25, 0.3) is 0 Å². The van der Waals surface area contributed by atoms with Crippen molar-refractivity contribution in [2.75, 3.05) is 33.2 Å². The Labute approximate surface area is 146 Å². The molecule has 136 valence electrons. The normalized spacial score (nSPS) is 26.7. The van der Waals surface area contributed by atoms with Crippen molar-refractivity contribution in [3.63, 3.8) is 0 Å². The van der Waals surface area contributed by atoms with Crippen LogP contribution >= 0.6 is 0 Å².